The van der Waals surface area contributed by atoms with Crippen LogP contribution in [0, 0.1) is 0 Å². The molecular weight excluding hydrogens is 1020 g/mol. The first-order valence-corrected chi connectivity index (χ1v) is 35.4. The number of rotatable bonds is 64. The number of carbonyl (C=O) groups excluding carboxylic acids is 3. The molecule has 0 aliphatic heterocycles. The molecule has 0 fully saturated rings. The van der Waals surface area contributed by atoms with Crippen molar-refractivity contribution in [2.45, 2.75) is 348 Å². The highest BCUT2D eigenvalue weighted by atomic mass is 16.6. The summed E-state index contributed by atoms with van der Waals surface area (Å²) in [6.45, 7) is 6.53. The molecule has 0 aromatic rings. The summed E-state index contributed by atoms with van der Waals surface area (Å²) in [5, 5.41) is 0. The van der Waals surface area contributed by atoms with E-state index in [1.807, 2.05) is 0 Å². The summed E-state index contributed by atoms with van der Waals surface area (Å²) in [6.07, 6.45) is 97.0. The van der Waals surface area contributed by atoms with Gasteiger partial charge in [-0.2, -0.15) is 0 Å². The summed E-state index contributed by atoms with van der Waals surface area (Å²) >= 11 is 0. The number of esters is 3. The van der Waals surface area contributed by atoms with E-state index >= 15 is 0 Å². The van der Waals surface area contributed by atoms with Gasteiger partial charge in [-0.15, -0.1) is 0 Å². The summed E-state index contributed by atoms with van der Waals surface area (Å²) in [7, 11) is 0. The Balaban J connectivity index is 4.22. The largest absolute Gasteiger partial charge is 0.462 e. The molecule has 0 heterocycles. The molecule has 0 radical (unpaired) electrons. The van der Waals surface area contributed by atoms with Gasteiger partial charge in [0.1, 0.15) is 13.2 Å². The Morgan fingerprint density at radius 2 is 0.470 bits per heavy atom. The minimum absolute atomic E-state index is 0.0803. The molecule has 83 heavy (non-hydrogen) atoms. The van der Waals surface area contributed by atoms with Gasteiger partial charge in [-0.3, -0.25) is 14.4 Å². The van der Waals surface area contributed by atoms with Crippen LogP contribution in [0.2, 0.25) is 0 Å². The highest BCUT2D eigenvalue weighted by Crippen LogP contribution is 2.17. The van der Waals surface area contributed by atoms with Crippen LogP contribution in [0.15, 0.2) is 109 Å². The first-order valence-electron chi connectivity index (χ1n) is 35.4. The van der Waals surface area contributed by atoms with E-state index in [1.165, 1.54) is 167 Å². The second-order valence-electron chi connectivity index (χ2n) is 23.4. The van der Waals surface area contributed by atoms with E-state index in [4.69, 9.17) is 14.2 Å². The molecule has 0 spiro atoms. The van der Waals surface area contributed by atoms with Crippen molar-refractivity contribution in [3.8, 4) is 0 Å². The SMILES string of the molecule is CC/C=C\C/C=C\C/C=C\C/C=C\C/C=C\C/C=C\C/C=C\C/C=C\C/C=C\CCCCCCCC(=O)OCC(COC(=O)CCCCCCCCCCC)OC(=O)CCCCCCCCCCCCCCCCCCCCCCCCC. The summed E-state index contributed by atoms with van der Waals surface area (Å²) < 4.78 is 16.9. The second kappa shape index (κ2) is 70.6. The van der Waals surface area contributed by atoms with Crippen LogP contribution in [0.25, 0.3) is 0 Å². The van der Waals surface area contributed by atoms with Crippen LogP contribution >= 0.6 is 0 Å². The van der Waals surface area contributed by atoms with E-state index in [2.05, 4.69) is 130 Å². The lowest BCUT2D eigenvalue weighted by Gasteiger charge is -2.18. The van der Waals surface area contributed by atoms with Crippen LogP contribution in [0.5, 0.6) is 0 Å². The van der Waals surface area contributed by atoms with Crippen molar-refractivity contribution in [1.82, 2.24) is 0 Å². The normalized spacial score (nSPS) is 12.8. The molecule has 1 unspecified atom stereocenters. The molecule has 0 rings (SSSR count). The zero-order chi connectivity index (χ0) is 59.9. The third-order valence-corrected chi connectivity index (χ3v) is 15.3. The third-order valence-electron chi connectivity index (χ3n) is 15.3. The van der Waals surface area contributed by atoms with E-state index in [-0.39, 0.29) is 31.1 Å². The molecule has 6 heteroatoms. The quantitative estimate of drug-likeness (QED) is 0.0261. The van der Waals surface area contributed by atoms with E-state index in [0.29, 0.717) is 19.3 Å². The molecule has 0 aromatic heterocycles. The minimum Gasteiger partial charge on any atom is -0.462 e. The van der Waals surface area contributed by atoms with Crippen LogP contribution in [0.1, 0.15) is 342 Å². The fourth-order valence-corrected chi connectivity index (χ4v) is 10.0. The number of unbranched alkanes of at least 4 members (excludes halogenated alkanes) is 35. The van der Waals surface area contributed by atoms with Gasteiger partial charge in [0.05, 0.1) is 0 Å². The van der Waals surface area contributed by atoms with Crippen molar-refractivity contribution >= 4 is 17.9 Å². The maximum absolute atomic E-state index is 12.9. The van der Waals surface area contributed by atoms with Crippen LogP contribution in [-0.4, -0.2) is 37.2 Å². The van der Waals surface area contributed by atoms with Crippen molar-refractivity contribution in [2.24, 2.45) is 0 Å². The Kier molecular flexibility index (Phi) is 67.2. The highest BCUT2D eigenvalue weighted by Gasteiger charge is 2.19. The smallest absolute Gasteiger partial charge is 0.306 e. The standard InChI is InChI=1S/C77H132O6/c1-4-7-10-13-16-19-21-23-25-27-29-31-33-34-35-36-37-38-39-40-41-42-44-45-47-49-51-53-55-58-61-64-67-70-76(79)82-73-74(72-81-75(78)69-66-63-60-57-18-15-12-9-6-3)83-77(80)71-68-65-62-59-56-54-52-50-48-46-43-32-30-28-26-24-22-20-17-14-11-8-5-2/h7,10,16,19,23,25,29,31,34-35,37-38,40-41,44-45,49,51,74H,4-6,8-9,11-15,17-18,20-22,24,26-28,30,32-33,36,39,42-43,46-48,50,52-73H2,1-3H3/b10-7-,19-16-,25-23-,31-29-,35-34-,38-37-,41-40-,45-44-,51-49-. The van der Waals surface area contributed by atoms with Crippen molar-refractivity contribution in [3.63, 3.8) is 0 Å². The number of hydrogen-bond acceptors (Lipinski definition) is 6. The zero-order valence-electron chi connectivity index (χ0n) is 54.7. The molecular formula is C77H132O6. The van der Waals surface area contributed by atoms with Crippen molar-refractivity contribution in [1.29, 1.82) is 0 Å². The van der Waals surface area contributed by atoms with Crippen LogP contribution in [-0.2, 0) is 28.6 Å². The lowest BCUT2D eigenvalue weighted by Crippen LogP contribution is -2.30. The van der Waals surface area contributed by atoms with E-state index in [9.17, 15) is 14.4 Å². The number of carbonyl (C=O) groups is 3. The Bertz CT molecular complexity index is 1660. The fourth-order valence-electron chi connectivity index (χ4n) is 10.0. The molecule has 0 aromatic carbocycles. The van der Waals surface area contributed by atoms with E-state index in [0.717, 1.165) is 135 Å². The maximum Gasteiger partial charge on any atom is 0.306 e. The number of allylic oxidation sites excluding steroid dienone is 18. The summed E-state index contributed by atoms with van der Waals surface area (Å²) in [4.78, 5) is 38.3. The number of hydrogen-bond donors (Lipinski definition) is 0. The fraction of sp³-hybridized carbons (Fsp3) is 0.727. The average molecular weight is 1150 g/mol. The van der Waals surface area contributed by atoms with E-state index < -0.39 is 6.10 Å². The van der Waals surface area contributed by atoms with Gasteiger partial charge in [-0.05, 0) is 89.9 Å². The molecule has 0 amide bonds. The molecule has 0 aliphatic rings. The Labute approximate surface area is 514 Å². The van der Waals surface area contributed by atoms with Crippen LogP contribution in [0.4, 0.5) is 0 Å². The Morgan fingerprint density at radius 3 is 0.735 bits per heavy atom. The van der Waals surface area contributed by atoms with Gasteiger partial charge in [0, 0.05) is 19.3 Å². The van der Waals surface area contributed by atoms with Gasteiger partial charge >= 0.3 is 17.9 Å². The van der Waals surface area contributed by atoms with Crippen LogP contribution < -0.4 is 0 Å². The van der Waals surface area contributed by atoms with Gasteiger partial charge in [-0.25, -0.2) is 0 Å². The average Bonchev–Trinajstić information content (AvgIpc) is 3.49. The first-order chi connectivity index (χ1) is 41.0. The summed E-state index contributed by atoms with van der Waals surface area (Å²) in [5.41, 5.74) is 0. The predicted molar refractivity (Wildman–Crippen MR) is 362 cm³/mol. The van der Waals surface area contributed by atoms with Gasteiger partial charge < -0.3 is 14.2 Å². The molecule has 0 saturated heterocycles. The minimum atomic E-state index is -0.784. The molecule has 0 saturated carbocycles. The molecule has 476 valence electrons. The first kappa shape index (κ1) is 79.1. The lowest BCUT2D eigenvalue weighted by atomic mass is 10.0. The molecule has 1 atom stereocenters. The highest BCUT2D eigenvalue weighted by molar-refractivity contribution is 5.71. The van der Waals surface area contributed by atoms with E-state index in [1.54, 1.807) is 0 Å². The zero-order valence-corrected chi connectivity index (χ0v) is 54.7. The summed E-state index contributed by atoms with van der Waals surface area (Å²) in [5.74, 6) is -0.889. The van der Waals surface area contributed by atoms with Gasteiger partial charge in [0.25, 0.3) is 0 Å². The van der Waals surface area contributed by atoms with Crippen molar-refractivity contribution in [2.75, 3.05) is 13.2 Å². The molecule has 6 nitrogen and oxygen atoms in total. The summed E-state index contributed by atoms with van der Waals surface area (Å²) in [6, 6.07) is 0. The maximum atomic E-state index is 12.9. The second-order valence-corrected chi connectivity index (χ2v) is 23.4. The van der Waals surface area contributed by atoms with Gasteiger partial charge in [0.15, 0.2) is 6.10 Å². The lowest BCUT2D eigenvalue weighted by molar-refractivity contribution is -0.167. The molecule has 0 aliphatic carbocycles. The molecule has 0 N–H and O–H groups in total. The van der Waals surface area contributed by atoms with Gasteiger partial charge in [0.2, 0.25) is 0 Å². The van der Waals surface area contributed by atoms with Gasteiger partial charge in [-0.1, -0.05) is 342 Å². The molecule has 0 bridgehead atoms. The third kappa shape index (κ3) is 68.7. The van der Waals surface area contributed by atoms with Crippen molar-refractivity contribution < 1.29 is 28.6 Å². The van der Waals surface area contributed by atoms with Crippen LogP contribution in [0.3, 0.4) is 0 Å². The van der Waals surface area contributed by atoms with Crippen molar-refractivity contribution in [3.05, 3.63) is 109 Å². The Hall–Kier alpha value is -3.93. The predicted octanol–water partition coefficient (Wildman–Crippen LogP) is 24.6. The Morgan fingerprint density at radius 1 is 0.253 bits per heavy atom. The topological polar surface area (TPSA) is 78.9 Å². The monoisotopic (exact) mass is 1150 g/mol. The number of ether oxygens (including phenoxy) is 3.